The van der Waals surface area contributed by atoms with E-state index in [2.05, 4.69) is 21.2 Å². The fourth-order valence-corrected chi connectivity index (χ4v) is 5.00. The van der Waals surface area contributed by atoms with Gasteiger partial charge in [0, 0.05) is 10.2 Å². The standard InChI is InChI=1S/C21H21BrN2O5/c1-10-6-15(11(2)5-14(10)22)23-16(25)9-29-17(26)8-24-20(27)18-12-3-4-13(7-12)19(18)21(24)28/h3-6,12-13,18-19H,7-9H2,1-2H3,(H,23,25)/t12-,13-,18+,19+/m0/s1. The number of anilines is 1. The van der Waals surface area contributed by atoms with E-state index in [-0.39, 0.29) is 35.5 Å². The van der Waals surface area contributed by atoms with Crippen molar-refractivity contribution in [3.63, 3.8) is 0 Å². The second-order valence-corrected chi connectivity index (χ2v) is 8.74. The maximum Gasteiger partial charge on any atom is 0.326 e. The van der Waals surface area contributed by atoms with Gasteiger partial charge >= 0.3 is 5.97 Å². The van der Waals surface area contributed by atoms with Crippen LogP contribution in [0.5, 0.6) is 0 Å². The number of rotatable bonds is 5. The molecule has 3 aliphatic rings. The van der Waals surface area contributed by atoms with Crippen LogP contribution >= 0.6 is 15.9 Å². The van der Waals surface area contributed by atoms with E-state index in [0.29, 0.717) is 5.69 Å². The highest BCUT2D eigenvalue weighted by Crippen LogP contribution is 2.52. The van der Waals surface area contributed by atoms with Crippen molar-refractivity contribution in [2.45, 2.75) is 20.3 Å². The number of aryl methyl sites for hydroxylation is 2. The Hall–Kier alpha value is -2.48. The number of ether oxygens (including phenoxy) is 1. The lowest BCUT2D eigenvalue weighted by molar-refractivity contribution is -0.154. The van der Waals surface area contributed by atoms with Crippen molar-refractivity contribution >= 4 is 45.3 Å². The number of nitrogens with zero attached hydrogens (tertiary/aromatic N) is 1. The number of carbonyl (C=O) groups excluding carboxylic acids is 4. The fraction of sp³-hybridized carbons (Fsp3) is 0.429. The molecule has 0 radical (unpaired) electrons. The van der Waals surface area contributed by atoms with Crippen LogP contribution in [0.4, 0.5) is 5.69 Å². The lowest BCUT2D eigenvalue weighted by Gasteiger charge is -2.16. The van der Waals surface area contributed by atoms with Gasteiger partial charge < -0.3 is 10.1 Å². The number of imide groups is 1. The van der Waals surface area contributed by atoms with Gasteiger partial charge in [0.25, 0.3) is 5.91 Å². The van der Waals surface area contributed by atoms with Gasteiger partial charge in [-0.05, 0) is 55.4 Å². The number of nitrogens with one attached hydrogen (secondary N) is 1. The molecule has 2 fully saturated rings. The van der Waals surface area contributed by atoms with E-state index in [1.165, 1.54) is 0 Å². The van der Waals surface area contributed by atoms with Gasteiger partial charge in [-0.1, -0.05) is 28.1 Å². The Kier molecular flexibility index (Phi) is 5.06. The number of allylic oxidation sites excluding steroid dienone is 2. The molecule has 4 atom stereocenters. The smallest absolute Gasteiger partial charge is 0.326 e. The average Bonchev–Trinajstić information content (AvgIpc) is 3.34. The van der Waals surface area contributed by atoms with Crippen LogP contribution < -0.4 is 5.32 Å². The van der Waals surface area contributed by atoms with E-state index in [1.54, 1.807) is 0 Å². The Morgan fingerprint density at radius 2 is 1.72 bits per heavy atom. The summed E-state index contributed by atoms with van der Waals surface area (Å²) in [5, 5.41) is 2.70. The van der Waals surface area contributed by atoms with Gasteiger partial charge in [-0.2, -0.15) is 0 Å². The highest BCUT2D eigenvalue weighted by molar-refractivity contribution is 9.10. The Bertz CT molecular complexity index is 927. The van der Waals surface area contributed by atoms with Gasteiger partial charge in [0.15, 0.2) is 6.61 Å². The van der Waals surface area contributed by atoms with Crippen molar-refractivity contribution in [1.82, 2.24) is 4.90 Å². The van der Waals surface area contributed by atoms with E-state index in [0.717, 1.165) is 26.9 Å². The molecule has 2 aliphatic carbocycles. The highest BCUT2D eigenvalue weighted by atomic mass is 79.9. The summed E-state index contributed by atoms with van der Waals surface area (Å²) in [6.07, 6.45) is 4.82. The van der Waals surface area contributed by atoms with Crippen molar-refractivity contribution in [2.24, 2.45) is 23.7 Å². The molecule has 1 aliphatic heterocycles. The van der Waals surface area contributed by atoms with Crippen LogP contribution in [0, 0.1) is 37.5 Å². The summed E-state index contributed by atoms with van der Waals surface area (Å²) in [4.78, 5) is 50.4. The van der Waals surface area contributed by atoms with Crippen molar-refractivity contribution in [3.8, 4) is 0 Å². The van der Waals surface area contributed by atoms with Gasteiger partial charge in [0.1, 0.15) is 6.54 Å². The van der Waals surface area contributed by atoms with Gasteiger partial charge in [-0.25, -0.2) is 0 Å². The van der Waals surface area contributed by atoms with Crippen LogP contribution in [-0.4, -0.2) is 41.7 Å². The Morgan fingerprint density at radius 1 is 1.10 bits per heavy atom. The molecule has 3 amide bonds. The second-order valence-electron chi connectivity index (χ2n) is 7.89. The van der Waals surface area contributed by atoms with E-state index in [1.807, 2.05) is 38.1 Å². The summed E-state index contributed by atoms with van der Waals surface area (Å²) in [5.74, 6) is -2.39. The van der Waals surface area contributed by atoms with Crippen LogP contribution in [0.2, 0.25) is 0 Å². The predicted octanol–water partition coefficient (Wildman–Crippen LogP) is 2.35. The molecular weight excluding hydrogens is 440 g/mol. The Morgan fingerprint density at radius 3 is 2.34 bits per heavy atom. The first kappa shape index (κ1) is 19.8. The highest BCUT2D eigenvalue weighted by Gasteiger charge is 2.59. The first-order valence-electron chi connectivity index (χ1n) is 9.52. The van der Waals surface area contributed by atoms with Gasteiger partial charge in [0.2, 0.25) is 11.8 Å². The molecule has 1 heterocycles. The zero-order valence-electron chi connectivity index (χ0n) is 16.1. The first-order chi connectivity index (χ1) is 13.8. The van der Waals surface area contributed by atoms with Crippen molar-refractivity contribution in [2.75, 3.05) is 18.5 Å². The summed E-state index contributed by atoms with van der Waals surface area (Å²) in [5.41, 5.74) is 2.46. The summed E-state index contributed by atoms with van der Waals surface area (Å²) >= 11 is 3.43. The third-order valence-corrected chi connectivity index (χ3v) is 6.85. The number of hydrogen-bond donors (Lipinski definition) is 1. The van der Waals surface area contributed by atoms with Crippen molar-refractivity contribution in [1.29, 1.82) is 0 Å². The largest absolute Gasteiger partial charge is 0.454 e. The van der Waals surface area contributed by atoms with Gasteiger partial charge in [-0.15, -0.1) is 0 Å². The van der Waals surface area contributed by atoms with Crippen LogP contribution in [0.1, 0.15) is 17.5 Å². The van der Waals surface area contributed by atoms with Crippen LogP contribution in [0.3, 0.4) is 0 Å². The first-order valence-corrected chi connectivity index (χ1v) is 10.3. The average molecular weight is 461 g/mol. The van der Waals surface area contributed by atoms with Gasteiger partial charge in [-0.3, -0.25) is 24.1 Å². The summed E-state index contributed by atoms with van der Waals surface area (Å²) in [6.45, 7) is 2.83. The predicted molar refractivity (Wildman–Crippen MR) is 108 cm³/mol. The van der Waals surface area contributed by atoms with E-state index < -0.39 is 25.0 Å². The number of fused-ring (bicyclic) bond motifs is 5. The third kappa shape index (κ3) is 3.50. The summed E-state index contributed by atoms with van der Waals surface area (Å²) in [6, 6.07) is 3.71. The molecule has 8 heteroatoms. The summed E-state index contributed by atoms with van der Waals surface area (Å²) in [7, 11) is 0. The fourth-order valence-electron chi connectivity index (χ4n) is 4.54. The number of halogens is 1. The molecule has 1 saturated carbocycles. The molecular formula is C21H21BrN2O5. The molecule has 1 aromatic carbocycles. The van der Waals surface area contributed by atoms with Crippen molar-refractivity contribution < 1.29 is 23.9 Å². The molecule has 0 spiro atoms. The normalized spacial score (nSPS) is 26.8. The Labute approximate surface area is 176 Å². The quantitative estimate of drug-likeness (QED) is 0.413. The molecule has 1 saturated heterocycles. The minimum absolute atomic E-state index is 0.0888. The molecule has 152 valence electrons. The van der Waals surface area contributed by atoms with E-state index in [9.17, 15) is 19.2 Å². The maximum atomic E-state index is 12.6. The number of esters is 1. The lowest BCUT2D eigenvalue weighted by atomic mass is 9.85. The number of amides is 3. The molecule has 0 aromatic heterocycles. The van der Waals surface area contributed by atoms with Crippen LogP contribution in [0.15, 0.2) is 28.8 Å². The maximum absolute atomic E-state index is 12.6. The van der Waals surface area contributed by atoms with Gasteiger partial charge in [0.05, 0.1) is 11.8 Å². The molecule has 1 N–H and O–H groups in total. The zero-order chi connectivity index (χ0) is 20.9. The van der Waals surface area contributed by atoms with Crippen LogP contribution in [-0.2, 0) is 23.9 Å². The topological polar surface area (TPSA) is 92.8 Å². The SMILES string of the molecule is Cc1cc(NC(=O)COC(=O)CN2C(=O)[C@H]3[C@H](C2=O)[C@H]2C=C[C@H]3C2)c(C)cc1Br. The minimum Gasteiger partial charge on any atom is -0.454 e. The number of hydrogen-bond acceptors (Lipinski definition) is 5. The molecule has 4 rings (SSSR count). The molecule has 2 bridgehead atoms. The van der Waals surface area contributed by atoms with Crippen molar-refractivity contribution in [3.05, 3.63) is 39.9 Å². The van der Waals surface area contributed by atoms with Crippen LogP contribution in [0.25, 0.3) is 0 Å². The monoisotopic (exact) mass is 460 g/mol. The molecule has 29 heavy (non-hydrogen) atoms. The lowest BCUT2D eigenvalue weighted by Crippen LogP contribution is -2.38. The Balaban J connectivity index is 1.31. The minimum atomic E-state index is -0.772. The molecule has 0 unspecified atom stereocenters. The third-order valence-electron chi connectivity index (χ3n) is 5.99. The second kappa shape index (κ2) is 7.40. The molecule has 7 nitrogen and oxygen atoms in total. The number of carbonyl (C=O) groups is 4. The molecule has 1 aromatic rings. The van der Waals surface area contributed by atoms with E-state index >= 15 is 0 Å². The zero-order valence-corrected chi connectivity index (χ0v) is 17.7. The van der Waals surface area contributed by atoms with E-state index in [4.69, 9.17) is 4.74 Å². The number of likely N-dealkylation sites (tertiary alicyclic amines) is 1. The number of benzene rings is 1. The summed E-state index contributed by atoms with van der Waals surface area (Å²) < 4.78 is 5.94.